The lowest BCUT2D eigenvalue weighted by molar-refractivity contribution is -0.141. The van der Waals surface area contributed by atoms with Gasteiger partial charge in [-0.05, 0) is 26.4 Å². The van der Waals surface area contributed by atoms with Gasteiger partial charge in [0.05, 0.1) is 13.5 Å². The van der Waals surface area contributed by atoms with E-state index in [2.05, 4.69) is 21.9 Å². The van der Waals surface area contributed by atoms with E-state index in [4.69, 9.17) is 0 Å². The van der Waals surface area contributed by atoms with E-state index in [9.17, 15) is 4.79 Å². The van der Waals surface area contributed by atoms with Crippen LogP contribution in [0.15, 0.2) is 0 Å². The van der Waals surface area contributed by atoms with Crippen molar-refractivity contribution in [1.82, 2.24) is 10.2 Å². The van der Waals surface area contributed by atoms with Gasteiger partial charge in [-0.25, -0.2) is 0 Å². The van der Waals surface area contributed by atoms with Crippen LogP contribution < -0.4 is 5.32 Å². The minimum Gasteiger partial charge on any atom is -0.469 e. The Labute approximate surface area is 85.6 Å². The van der Waals surface area contributed by atoms with E-state index < -0.39 is 0 Å². The number of hydrogen-bond donors (Lipinski definition) is 1. The van der Waals surface area contributed by atoms with Crippen molar-refractivity contribution in [2.75, 3.05) is 33.3 Å². The molecule has 82 valence electrons. The number of ether oxygens (including phenoxy) is 1. The zero-order valence-electron chi connectivity index (χ0n) is 9.08. The molecule has 1 atom stereocenters. The van der Waals surface area contributed by atoms with Crippen LogP contribution >= 0.6 is 0 Å². The Hall–Kier alpha value is -0.610. The molecular formula is C10H20N2O2. The van der Waals surface area contributed by atoms with Gasteiger partial charge in [-0.1, -0.05) is 0 Å². The Morgan fingerprint density at radius 2 is 2.29 bits per heavy atom. The molecule has 0 aromatic carbocycles. The predicted molar refractivity (Wildman–Crippen MR) is 55.2 cm³/mol. The van der Waals surface area contributed by atoms with E-state index in [0.717, 1.165) is 32.6 Å². The van der Waals surface area contributed by atoms with Crippen molar-refractivity contribution in [2.45, 2.75) is 25.8 Å². The van der Waals surface area contributed by atoms with Crippen molar-refractivity contribution in [3.63, 3.8) is 0 Å². The number of nitrogens with one attached hydrogen (secondary N) is 1. The number of methoxy groups -OCH3 is 1. The molecule has 1 saturated heterocycles. The van der Waals surface area contributed by atoms with Crippen LogP contribution in [0.1, 0.15) is 19.8 Å². The molecule has 0 aliphatic carbocycles. The van der Waals surface area contributed by atoms with Gasteiger partial charge < -0.3 is 10.1 Å². The molecule has 4 heteroatoms. The molecule has 0 saturated carbocycles. The molecular weight excluding hydrogens is 180 g/mol. The van der Waals surface area contributed by atoms with Crippen LogP contribution in [-0.4, -0.2) is 50.2 Å². The van der Waals surface area contributed by atoms with E-state index in [-0.39, 0.29) is 5.97 Å². The van der Waals surface area contributed by atoms with Crippen molar-refractivity contribution < 1.29 is 9.53 Å². The topological polar surface area (TPSA) is 41.6 Å². The molecule has 0 radical (unpaired) electrons. The van der Waals surface area contributed by atoms with Crippen LogP contribution in [0, 0.1) is 0 Å². The molecule has 14 heavy (non-hydrogen) atoms. The summed E-state index contributed by atoms with van der Waals surface area (Å²) in [6.07, 6.45) is 1.65. The van der Waals surface area contributed by atoms with Crippen molar-refractivity contribution in [3.8, 4) is 0 Å². The lowest BCUT2D eigenvalue weighted by atomic mass is 10.2. The smallest absolute Gasteiger partial charge is 0.307 e. The van der Waals surface area contributed by atoms with Gasteiger partial charge in [-0.15, -0.1) is 0 Å². The Balaban J connectivity index is 2.33. The van der Waals surface area contributed by atoms with Crippen LogP contribution in [0.3, 0.4) is 0 Å². The largest absolute Gasteiger partial charge is 0.469 e. The van der Waals surface area contributed by atoms with E-state index in [1.165, 1.54) is 7.11 Å². The third-order valence-corrected chi connectivity index (χ3v) is 2.69. The molecule has 0 spiro atoms. The standard InChI is InChI=1S/C10H20N2O2/c1-9(8-10(13)14-2)12-6-3-4-11-5-7-12/h9,11H,3-8H2,1-2H3. The van der Waals surface area contributed by atoms with Crippen LogP contribution in [0.25, 0.3) is 0 Å². The van der Waals surface area contributed by atoms with Crippen molar-refractivity contribution in [3.05, 3.63) is 0 Å². The normalized spacial score (nSPS) is 21.3. The second kappa shape index (κ2) is 5.98. The van der Waals surface area contributed by atoms with Crippen molar-refractivity contribution in [2.24, 2.45) is 0 Å². The van der Waals surface area contributed by atoms with Crippen LogP contribution in [-0.2, 0) is 9.53 Å². The first-order chi connectivity index (χ1) is 6.74. The number of rotatable bonds is 3. The van der Waals surface area contributed by atoms with E-state index in [0.29, 0.717) is 12.5 Å². The Bertz CT molecular complexity index is 177. The van der Waals surface area contributed by atoms with Gasteiger partial charge in [-0.3, -0.25) is 9.69 Å². The van der Waals surface area contributed by atoms with Crippen LogP contribution in [0.4, 0.5) is 0 Å². The van der Waals surface area contributed by atoms with Gasteiger partial charge in [0.1, 0.15) is 0 Å². The third kappa shape index (κ3) is 3.64. The highest BCUT2D eigenvalue weighted by atomic mass is 16.5. The number of carbonyl (C=O) groups is 1. The average molecular weight is 200 g/mol. The lowest BCUT2D eigenvalue weighted by Gasteiger charge is -2.26. The third-order valence-electron chi connectivity index (χ3n) is 2.69. The average Bonchev–Trinajstić information content (AvgIpc) is 2.45. The highest BCUT2D eigenvalue weighted by molar-refractivity contribution is 5.69. The van der Waals surface area contributed by atoms with Gasteiger partial charge in [0, 0.05) is 19.1 Å². The van der Waals surface area contributed by atoms with Gasteiger partial charge in [0.25, 0.3) is 0 Å². The van der Waals surface area contributed by atoms with E-state index >= 15 is 0 Å². The fourth-order valence-corrected chi connectivity index (χ4v) is 1.76. The molecule has 1 fully saturated rings. The molecule has 1 heterocycles. The zero-order chi connectivity index (χ0) is 10.4. The Kier molecular flexibility index (Phi) is 4.90. The maximum Gasteiger partial charge on any atom is 0.307 e. The maximum absolute atomic E-state index is 11.1. The first kappa shape index (κ1) is 11.5. The van der Waals surface area contributed by atoms with E-state index in [1.54, 1.807) is 0 Å². The molecule has 0 bridgehead atoms. The summed E-state index contributed by atoms with van der Waals surface area (Å²) >= 11 is 0. The summed E-state index contributed by atoms with van der Waals surface area (Å²) in [5.41, 5.74) is 0. The van der Waals surface area contributed by atoms with Crippen molar-refractivity contribution >= 4 is 5.97 Å². The van der Waals surface area contributed by atoms with E-state index in [1.807, 2.05) is 0 Å². The van der Waals surface area contributed by atoms with Crippen LogP contribution in [0.5, 0.6) is 0 Å². The zero-order valence-corrected chi connectivity index (χ0v) is 9.08. The predicted octanol–water partition coefficient (Wildman–Crippen LogP) is 0.233. The van der Waals surface area contributed by atoms with Gasteiger partial charge >= 0.3 is 5.97 Å². The summed E-state index contributed by atoms with van der Waals surface area (Å²) < 4.78 is 4.66. The maximum atomic E-state index is 11.1. The summed E-state index contributed by atoms with van der Waals surface area (Å²) in [4.78, 5) is 13.4. The molecule has 0 amide bonds. The summed E-state index contributed by atoms with van der Waals surface area (Å²) in [5.74, 6) is -0.116. The molecule has 1 aliphatic rings. The second-order valence-corrected chi connectivity index (χ2v) is 3.77. The SMILES string of the molecule is COC(=O)CC(C)N1CCCNCC1. The number of hydrogen-bond acceptors (Lipinski definition) is 4. The first-order valence-electron chi connectivity index (χ1n) is 5.25. The minimum absolute atomic E-state index is 0.116. The van der Waals surface area contributed by atoms with Gasteiger partial charge in [0.2, 0.25) is 0 Å². The Morgan fingerprint density at radius 1 is 1.50 bits per heavy atom. The molecule has 0 aromatic heterocycles. The minimum atomic E-state index is -0.116. The fourth-order valence-electron chi connectivity index (χ4n) is 1.76. The summed E-state index contributed by atoms with van der Waals surface area (Å²) in [6.45, 7) is 6.29. The summed E-state index contributed by atoms with van der Waals surface area (Å²) in [6, 6.07) is 0.294. The van der Waals surface area contributed by atoms with Crippen molar-refractivity contribution in [1.29, 1.82) is 0 Å². The van der Waals surface area contributed by atoms with Crippen LogP contribution in [0.2, 0.25) is 0 Å². The number of esters is 1. The molecule has 1 aliphatic heterocycles. The Morgan fingerprint density at radius 3 is 3.00 bits per heavy atom. The highest BCUT2D eigenvalue weighted by Gasteiger charge is 2.18. The van der Waals surface area contributed by atoms with Gasteiger partial charge in [0.15, 0.2) is 0 Å². The number of carbonyl (C=O) groups excluding carboxylic acids is 1. The van der Waals surface area contributed by atoms with Gasteiger partial charge in [-0.2, -0.15) is 0 Å². The monoisotopic (exact) mass is 200 g/mol. The highest BCUT2D eigenvalue weighted by Crippen LogP contribution is 2.06. The molecule has 4 nitrogen and oxygen atoms in total. The summed E-state index contributed by atoms with van der Waals surface area (Å²) in [7, 11) is 1.44. The lowest BCUT2D eigenvalue weighted by Crippen LogP contribution is -2.37. The molecule has 1 rings (SSSR count). The molecule has 1 N–H and O–H groups in total. The molecule has 1 unspecified atom stereocenters. The quantitative estimate of drug-likeness (QED) is 0.662. The molecule has 0 aromatic rings. The summed E-state index contributed by atoms with van der Waals surface area (Å²) in [5, 5.41) is 3.34. The second-order valence-electron chi connectivity index (χ2n) is 3.77. The number of nitrogens with zero attached hydrogens (tertiary/aromatic N) is 1. The first-order valence-corrected chi connectivity index (χ1v) is 5.25. The fraction of sp³-hybridized carbons (Fsp3) is 0.900.